The van der Waals surface area contributed by atoms with E-state index in [-0.39, 0.29) is 49.2 Å². The number of carbonyl (C=O) groups is 2. The van der Waals surface area contributed by atoms with Gasteiger partial charge in [-0.25, -0.2) is 8.78 Å². The van der Waals surface area contributed by atoms with Gasteiger partial charge in [-0.3, -0.25) is 14.5 Å². The van der Waals surface area contributed by atoms with E-state index >= 15 is 0 Å². The Balaban J connectivity index is 1.64. The quantitative estimate of drug-likeness (QED) is 0.265. The fraction of sp³-hybridized carbons (Fsp3) is 0.429. The third kappa shape index (κ3) is 6.91. The van der Waals surface area contributed by atoms with Crippen molar-refractivity contribution in [2.45, 2.75) is 73.6 Å². The molecule has 1 aliphatic carbocycles. The molecule has 44 heavy (non-hydrogen) atoms. The molecule has 8 nitrogen and oxygen atoms in total. The average molecular weight is 650 g/mol. The lowest BCUT2D eigenvalue weighted by atomic mass is 9.91. The molecule has 2 amide bonds. The Labute approximate surface area is 247 Å². The van der Waals surface area contributed by atoms with Crippen LogP contribution in [0.5, 0.6) is 0 Å². The van der Waals surface area contributed by atoms with Gasteiger partial charge in [0.15, 0.2) is 0 Å². The summed E-state index contributed by atoms with van der Waals surface area (Å²) in [6, 6.07) is 4.55. The number of carbonyl (C=O) groups excluding carboxylic acids is 2. The molecule has 0 spiro atoms. The van der Waals surface area contributed by atoms with Crippen molar-refractivity contribution in [2.24, 2.45) is 0 Å². The first-order valence-corrected chi connectivity index (χ1v) is 15.7. The third-order valence-electron chi connectivity index (χ3n) is 7.91. The molecule has 2 aromatic carbocycles. The number of hydrogen-bond donors (Lipinski definition) is 3. The lowest BCUT2D eigenvalue weighted by molar-refractivity contribution is -0.128. The number of rotatable bonds is 7. The zero-order valence-electron chi connectivity index (χ0n) is 23.3. The van der Waals surface area contributed by atoms with Crippen LogP contribution in [0.15, 0.2) is 59.6 Å². The van der Waals surface area contributed by atoms with Crippen LogP contribution in [0.1, 0.15) is 50.6 Å². The number of alkyl halides is 2. The van der Waals surface area contributed by atoms with E-state index in [9.17, 15) is 42.9 Å². The zero-order valence-corrected chi connectivity index (χ0v) is 24.1. The number of nitrogens with one attached hydrogen (secondary N) is 2. The number of β-amino-alcohol motifs (C(OH)–C–C–N with tert-alkyl or cyclic N) is 1. The Morgan fingerprint density at radius 1 is 1.05 bits per heavy atom. The molecule has 5 rings (SSSR count). The van der Waals surface area contributed by atoms with Gasteiger partial charge in [0.05, 0.1) is 23.4 Å². The number of hydrogen-bond acceptors (Lipinski definition) is 6. The number of nitrogens with zero attached hydrogens (tertiary/aromatic N) is 3. The monoisotopic (exact) mass is 649 g/mol. The molecule has 1 saturated carbocycles. The Hall–Kier alpha value is -3.50. The van der Waals surface area contributed by atoms with Crippen molar-refractivity contribution in [3.63, 3.8) is 0 Å². The highest BCUT2D eigenvalue weighted by Crippen LogP contribution is 3.02. The van der Waals surface area contributed by atoms with Crippen molar-refractivity contribution >= 4 is 38.6 Å². The van der Waals surface area contributed by atoms with E-state index in [0.29, 0.717) is 23.0 Å². The summed E-state index contributed by atoms with van der Waals surface area (Å²) in [5.41, 5.74) is -1.26. The second-order valence-electron chi connectivity index (χ2n) is 11.7. The minimum Gasteiger partial charge on any atom is -0.389 e. The Morgan fingerprint density at radius 3 is 2.27 bits per heavy atom. The number of anilines is 1. The van der Waals surface area contributed by atoms with Gasteiger partial charge in [-0.1, -0.05) is 37.6 Å². The van der Waals surface area contributed by atoms with Gasteiger partial charge in [0.1, 0.15) is 10.9 Å². The number of halogens is 7. The smallest absolute Gasteiger partial charge is 0.310 e. The first kappa shape index (κ1) is 31.9. The molecular formula is C28H30F7N5O3S. The van der Waals surface area contributed by atoms with E-state index in [1.165, 1.54) is 13.1 Å². The summed E-state index contributed by atoms with van der Waals surface area (Å²) in [7, 11) is -10.1. The normalized spacial score (nSPS) is 24.7. The van der Waals surface area contributed by atoms with Crippen LogP contribution in [0, 0.1) is 0 Å². The van der Waals surface area contributed by atoms with Gasteiger partial charge < -0.3 is 15.7 Å². The highest BCUT2D eigenvalue weighted by molar-refractivity contribution is 8.45. The first-order valence-electron chi connectivity index (χ1n) is 13.7. The topological polar surface area (TPSA) is 107 Å². The fourth-order valence-corrected chi connectivity index (χ4v) is 6.30. The first-order chi connectivity index (χ1) is 20.2. The predicted octanol–water partition coefficient (Wildman–Crippen LogP) is 6.17. The van der Waals surface area contributed by atoms with Gasteiger partial charge in [0.2, 0.25) is 17.7 Å². The van der Waals surface area contributed by atoms with Crippen molar-refractivity contribution in [1.82, 2.24) is 20.8 Å². The number of amides is 2. The summed E-state index contributed by atoms with van der Waals surface area (Å²) < 4.78 is 95.5. The average Bonchev–Trinajstić information content (AvgIpc) is 3.30. The summed E-state index contributed by atoms with van der Waals surface area (Å²) in [5, 5.41) is 24.4. The fourth-order valence-electron chi connectivity index (χ4n) is 5.64. The summed E-state index contributed by atoms with van der Waals surface area (Å²) in [6.07, 6.45) is -0.0406. The van der Waals surface area contributed by atoms with Crippen LogP contribution >= 0.6 is 10.2 Å². The molecule has 1 aliphatic heterocycles. The number of fused-ring (bicyclic) bond motifs is 1. The molecule has 3 N–H and O–H groups in total. The van der Waals surface area contributed by atoms with Crippen molar-refractivity contribution in [1.29, 1.82) is 0 Å². The van der Waals surface area contributed by atoms with Crippen LogP contribution in [0.3, 0.4) is 0 Å². The summed E-state index contributed by atoms with van der Waals surface area (Å²) >= 11 is 0. The highest BCUT2D eigenvalue weighted by atomic mass is 32.5. The van der Waals surface area contributed by atoms with Crippen LogP contribution < -0.4 is 15.5 Å². The van der Waals surface area contributed by atoms with E-state index in [4.69, 9.17) is 0 Å². The maximum atomic E-state index is 14.1. The Bertz CT molecular complexity index is 1570. The standard InChI is InChI=1S/C28H30F7N5O3S/c1-27(43)14-23(36-16-27)26(42)40(18-6-8-19(9-7-18)44(31,32,33,34)35)24(21-15-37-39-22-5-3-2-4-20(21)22)25(41)38-17-10-12-28(29,30)13-11-17/h2-9,15,17,23-24,36,43H,10-14,16H2,1H3,(H,38,41)/t23-,24?,27-/m1/s1. The predicted molar refractivity (Wildman–Crippen MR) is 150 cm³/mol. The van der Waals surface area contributed by atoms with Gasteiger partial charge in [-0.05, 0) is 50.1 Å². The van der Waals surface area contributed by atoms with Crippen molar-refractivity contribution in [3.8, 4) is 0 Å². The van der Waals surface area contributed by atoms with Gasteiger partial charge in [0, 0.05) is 48.5 Å². The molecular weight excluding hydrogens is 619 g/mol. The highest BCUT2D eigenvalue weighted by Gasteiger charge is 2.65. The Morgan fingerprint density at radius 2 is 1.68 bits per heavy atom. The van der Waals surface area contributed by atoms with Crippen LogP contribution in [0.4, 0.5) is 33.9 Å². The molecule has 1 aromatic heterocycles. The number of aromatic nitrogens is 2. The van der Waals surface area contributed by atoms with E-state index in [2.05, 4.69) is 20.8 Å². The molecule has 3 aromatic rings. The molecule has 16 heteroatoms. The summed E-state index contributed by atoms with van der Waals surface area (Å²) in [6.45, 7) is 1.44. The zero-order chi connectivity index (χ0) is 32.2. The van der Waals surface area contributed by atoms with E-state index < -0.39 is 69.4 Å². The molecule has 1 unspecified atom stereocenters. The minimum absolute atomic E-state index is 0.0205. The second kappa shape index (κ2) is 10.3. The van der Waals surface area contributed by atoms with Gasteiger partial charge in [0.25, 0.3) is 0 Å². The molecule has 0 radical (unpaired) electrons. The SMILES string of the molecule is C[C@]1(O)CN[C@@H](C(=O)N(c2ccc(S(F)(F)(F)(F)F)cc2)C(C(=O)NC2CCC(F)(F)CC2)c2cnnc3ccccc23)C1. The van der Waals surface area contributed by atoms with Gasteiger partial charge in [-0.2, -0.15) is 10.2 Å². The molecule has 1 saturated heterocycles. The van der Waals surface area contributed by atoms with Crippen molar-refractivity contribution < 1.29 is 42.9 Å². The molecule has 2 aliphatic rings. The van der Waals surface area contributed by atoms with Crippen LogP contribution in [-0.4, -0.2) is 57.3 Å². The molecule has 3 atom stereocenters. The lowest BCUT2D eigenvalue weighted by Gasteiger charge is -2.41. The van der Waals surface area contributed by atoms with Gasteiger partial charge in [-0.15, -0.1) is 0 Å². The van der Waals surface area contributed by atoms with Gasteiger partial charge >= 0.3 is 10.2 Å². The van der Waals surface area contributed by atoms with Crippen molar-refractivity contribution in [2.75, 3.05) is 11.4 Å². The van der Waals surface area contributed by atoms with E-state index in [1.54, 1.807) is 24.3 Å². The largest absolute Gasteiger partial charge is 0.389 e. The second-order valence-corrected chi connectivity index (χ2v) is 14.1. The molecule has 0 bridgehead atoms. The van der Waals surface area contributed by atoms with Crippen LogP contribution in [0.2, 0.25) is 0 Å². The lowest BCUT2D eigenvalue weighted by Crippen LogP contribution is -2.52. The van der Waals surface area contributed by atoms with Crippen molar-refractivity contribution in [3.05, 3.63) is 60.3 Å². The number of aliphatic hydroxyl groups is 1. The molecule has 2 heterocycles. The van der Waals surface area contributed by atoms with E-state index in [1.807, 2.05) is 0 Å². The van der Waals surface area contributed by atoms with Crippen LogP contribution in [-0.2, 0) is 9.59 Å². The van der Waals surface area contributed by atoms with Crippen LogP contribution in [0.25, 0.3) is 10.9 Å². The summed E-state index contributed by atoms with van der Waals surface area (Å²) in [4.78, 5) is 26.9. The maximum Gasteiger partial charge on any atom is 0.310 e. The maximum absolute atomic E-state index is 14.1. The Kier molecular flexibility index (Phi) is 7.45. The number of benzene rings is 2. The third-order valence-corrected chi connectivity index (χ3v) is 9.07. The molecule has 2 fully saturated rings. The van der Waals surface area contributed by atoms with E-state index in [0.717, 1.165) is 4.90 Å². The summed E-state index contributed by atoms with van der Waals surface area (Å²) in [5.74, 6) is -4.60. The molecule has 240 valence electrons. The minimum atomic E-state index is -10.1.